The van der Waals surface area contributed by atoms with E-state index in [4.69, 9.17) is 0 Å². The highest BCUT2D eigenvalue weighted by molar-refractivity contribution is 6.06. The number of carbonyl (C=O) groups excluding carboxylic acids is 2. The van der Waals surface area contributed by atoms with Gasteiger partial charge in [0.05, 0.1) is 16.5 Å². The van der Waals surface area contributed by atoms with E-state index in [9.17, 15) is 19.7 Å². The Bertz CT molecular complexity index is 933. The van der Waals surface area contributed by atoms with Gasteiger partial charge in [0.15, 0.2) is 0 Å². The zero-order valence-corrected chi connectivity index (χ0v) is 14.8. The number of aryl methyl sites for hydroxylation is 1. The molecule has 0 saturated heterocycles. The van der Waals surface area contributed by atoms with Gasteiger partial charge in [-0.25, -0.2) is 4.79 Å². The number of anilines is 1. The highest BCUT2D eigenvalue weighted by atomic mass is 16.6. The molecule has 0 fully saturated rings. The van der Waals surface area contributed by atoms with Gasteiger partial charge in [-0.1, -0.05) is 29.8 Å². The Morgan fingerprint density at radius 1 is 1.07 bits per heavy atom. The van der Waals surface area contributed by atoms with Crippen molar-refractivity contribution in [2.24, 2.45) is 0 Å². The predicted octanol–water partition coefficient (Wildman–Crippen LogP) is 3.17. The largest absolute Gasteiger partial charge is 0.327 e. The van der Waals surface area contributed by atoms with Crippen LogP contribution < -0.4 is 16.0 Å². The number of hydrogen-bond acceptors (Lipinski definition) is 4. The van der Waals surface area contributed by atoms with Crippen molar-refractivity contribution in [2.45, 2.75) is 19.9 Å². The molecule has 1 aliphatic heterocycles. The second kappa shape index (κ2) is 7.28. The van der Waals surface area contributed by atoms with Gasteiger partial charge in [0.25, 0.3) is 11.6 Å². The molecule has 0 bridgehead atoms. The van der Waals surface area contributed by atoms with Crippen LogP contribution in [0.15, 0.2) is 59.8 Å². The standard InChI is InChI=1S/C19H18N4O4/c1-11-3-5-13(6-4-11)17-16(12(2)20-19(25)22-17)18(24)21-14-7-9-15(10-8-14)23(26)27/h3-10,17H,1-2H3,(H,21,24)(H2,20,22,25)/t17-/m0/s1. The average Bonchev–Trinajstić information content (AvgIpc) is 2.62. The highest BCUT2D eigenvalue weighted by Gasteiger charge is 2.31. The number of nitrogens with zero attached hydrogens (tertiary/aromatic N) is 1. The molecule has 27 heavy (non-hydrogen) atoms. The summed E-state index contributed by atoms with van der Waals surface area (Å²) in [5, 5.41) is 18.8. The van der Waals surface area contributed by atoms with Crippen LogP contribution in [0.2, 0.25) is 0 Å². The maximum Gasteiger partial charge on any atom is 0.319 e. The number of urea groups is 1. The molecule has 0 unspecified atom stereocenters. The van der Waals surface area contributed by atoms with Crippen molar-refractivity contribution in [3.8, 4) is 0 Å². The summed E-state index contributed by atoms with van der Waals surface area (Å²) in [7, 11) is 0. The number of nitro groups is 1. The first-order chi connectivity index (χ1) is 12.8. The van der Waals surface area contributed by atoms with Crippen molar-refractivity contribution in [2.75, 3.05) is 5.32 Å². The molecule has 0 saturated carbocycles. The second-order valence-electron chi connectivity index (χ2n) is 6.24. The minimum atomic E-state index is -0.600. The van der Waals surface area contributed by atoms with Gasteiger partial charge in [0.2, 0.25) is 0 Å². The summed E-state index contributed by atoms with van der Waals surface area (Å²) in [6, 6.07) is 12.1. The van der Waals surface area contributed by atoms with E-state index in [1.165, 1.54) is 24.3 Å². The van der Waals surface area contributed by atoms with Crippen LogP contribution in [0.25, 0.3) is 0 Å². The lowest BCUT2D eigenvalue weighted by Gasteiger charge is -2.28. The lowest BCUT2D eigenvalue weighted by atomic mass is 9.94. The monoisotopic (exact) mass is 366 g/mol. The molecule has 0 spiro atoms. The molecular formula is C19H18N4O4. The van der Waals surface area contributed by atoms with E-state index in [0.717, 1.165) is 11.1 Å². The van der Waals surface area contributed by atoms with Gasteiger partial charge in [0.1, 0.15) is 0 Å². The summed E-state index contributed by atoms with van der Waals surface area (Å²) < 4.78 is 0. The van der Waals surface area contributed by atoms with Gasteiger partial charge >= 0.3 is 6.03 Å². The molecule has 1 aliphatic rings. The molecule has 8 heteroatoms. The number of hydrogen-bond donors (Lipinski definition) is 3. The van der Waals surface area contributed by atoms with Crippen LogP contribution in [-0.2, 0) is 4.79 Å². The van der Waals surface area contributed by atoms with Gasteiger partial charge in [-0.15, -0.1) is 0 Å². The molecule has 3 amide bonds. The first kappa shape index (κ1) is 18.1. The van der Waals surface area contributed by atoms with E-state index in [-0.39, 0.29) is 11.7 Å². The Balaban J connectivity index is 1.89. The number of nitrogens with one attached hydrogen (secondary N) is 3. The minimum Gasteiger partial charge on any atom is -0.327 e. The van der Waals surface area contributed by atoms with Crippen LogP contribution in [0, 0.1) is 17.0 Å². The van der Waals surface area contributed by atoms with Crippen molar-refractivity contribution in [3.63, 3.8) is 0 Å². The normalized spacial score (nSPS) is 16.4. The van der Waals surface area contributed by atoms with Crippen LogP contribution in [0.4, 0.5) is 16.2 Å². The topological polar surface area (TPSA) is 113 Å². The molecule has 0 aromatic heterocycles. The first-order valence-corrected chi connectivity index (χ1v) is 8.26. The van der Waals surface area contributed by atoms with Gasteiger partial charge in [-0.3, -0.25) is 14.9 Å². The fraction of sp³-hybridized carbons (Fsp3) is 0.158. The van der Waals surface area contributed by atoms with Gasteiger partial charge in [-0.2, -0.15) is 0 Å². The van der Waals surface area contributed by atoms with E-state index in [0.29, 0.717) is 17.0 Å². The van der Waals surface area contributed by atoms with Gasteiger partial charge in [-0.05, 0) is 31.5 Å². The number of nitro benzene ring substituents is 1. The zero-order chi connectivity index (χ0) is 19.6. The van der Waals surface area contributed by atoms with Crippen molar-refractivity contribution >= 4 is 23.3 Å². The van der Waals surface area contributed by atoms with Crippen molar-refractivity contribution in [1.29, 1.82) is 0 Å². The third-order valence-electron chi connectivity index (χ3n) is 4.26. The summed E-state index contributed by atoms with van der Waals surface area (Å²) in [5.74, 6) is -0.403. The molecule has 1 atom stereocenters. The van der Waals surface area contributed by atoms with E-state index < -0.39 is 16.9 Å². The van der Waals surface area contributed by atoms with E-state index in [1.807, 2.05) is 31.2 Å². The van der Waals surface area contributed by atoms with E-state index >= 15 is 0 Å². The van der Waals surface area contributed by atoms with Crippen molar-refractivity contribution in [1.82, 2.24) is 10.6 Å². The quantitative estimate of drug-likeness (QED) is 0.570. The molecule has 2 aromatic carbocycles. The Kier molecular flexibility index (Phi) is 4.89. The molecule has 0 aliphatic carbocycles. The third-order valence-corrected chi connectivity index (χ3v) is 4.26. The molecule has 2 aromatic rings. The maximum atomic E-state index is 12.9. The highest BCUT2D eigenvalue weighted by Crippen LogP contribution is 2.28. The van der Waals surface area contributed by atoms with Crippen LogP contribution >= 0.6 is 0 Å². The first-order valence-electron chi connectivity index (χ1n) is 8.26. The molecule has 3 N–H and O–H groups in total. The number of amides is 3. The Hall–Kier alpha value is -3.68. The third kappa shape index (κ3) is 3.95. The van der Waals surface area contributed by atoms with Crippen molar-refractivity contribution in [3.05, 3.63) is 81.0 Å². The van der Waals surface area contributed by atoms with Crippen LogP contribution in [0.1, 0.15) is 24.1 Å². The Morgan fingerprint density at radius 2 is 1.70 bits per heavy atom. The molecule has 8 nitrogen and oxygen atoms in total. The summed E-state index contributed by atoms with van der Waals surface area (Å²) in [4.78, 5) is 35.0. The molecule has 138 valence electrons. The van der Waals surface area contributed by atoms with Gasteiger partial charge < -0.3 is 16.0 Å². The summed E-state index contributed by atoms with van der Waals surface area (Å²) >= 11 is 0. The molecule has 1 heterocycles. The van der Waals surface area contributed by atoms with Crippen LogP contribution in [0.5, 0.6) is 0 Å². The maximum absolute atomic E-state index is 12.9. The molecular weight excluding hydrogens is 348 g/mol. The molecule has 3 rings (SSSR count). The number of allylic oxidation sites excluding steroid dienone is 1. The second-order valence-corrected chi connectivity index (χ2v) is 6.24. The Morgan fingerprint density at radius 3 is 2.30 bits per heavy atom. The molecule has 0 radical (unpaired) electrons. The fourth-order valence-corrected chi connectivity index (χ4v) is 2.87. The SMILES string of the molecule is CC1=C(C(=O)Nc2ccc([N+](=O)[O-])cc2)[C@H](c2ccc(C)cc2)NC(=O)N1. The van der Waals surface area contributed by atoms with E-state index in [1.54, 1.807) is 6.92 Å². The Labute approximate surface area is 155 Å². The summed E-state index contributed by atoms with van der Waals surface area (Å²) in [5.41, 5.74) is 3.03. The lowest BCUT2D eigenvalue weighted by molar-refractivity contribution is -0.384. The number of non-ortho nitro benzene ring substituents is 1. The van der Waals surface area contributed by atoms with Crippen molar-refractivity contribution < 1.29 is 14.5 Å². The minimum absolute atomic E-state index is 0.0625. The smallest absolute Gasteiger partial charge is 0.319 e. The predicted molar refractivity (Wildman–Crippen MR) is 100 cm³/mol. The number of carbonyl (C=O) groups is 2. The number of benzene rings is 2. The van der Waals surface area contributed by atoms with Gasteiger partial charge in [0, 0.05) is 23.5 Å². The summed E-state index contributed by atoms with van der Waals surface area (Å²) in [6.45, 7) is 3.61. The van der Waals surface area contributed by atoms with Crippen LogP contribution in [-0.4, -0.2) is 16.9 Å². The summed E-state index contributed by atoms with van der Waals surface area (Å²) in [6.07, 6.45) is 0. The van der Waals surface area contributed by atoms with Crippen LogP contribution in [0.3, 0.4) is 0 Å². The fourth-order valence-electron chi connectivity index (χ4n) is 2.87. The average molecular weight is 366 g/mol. The lowest BCUT2D eigenvalue weighted by Crippen LogP contribution is -2.45. The number of rotatable bonds is 4. The zero-order valence-electron chi connectivity index (χ0n) is 14.8. The van der Waals surface area contributed by atoms with E-state index in [2.05, 4.69) is 16.0 Å².